The lowest BCUT2D eigenvalue weighted by Gasteiger charge is -2.19. The summed E-state index contributed by atoms with van der Waals surface area (Å²) in [5.74, 6) is -1.22. The molecular formula is C18H17Cl2NO4. The van der Waals surface area contributed by atoms with Gasteiger partial charge in [-0.05, 0) is 49.7 Å². The molecule has 2 rings (SSSR count). The topological polar surface area (TPSA) is 75.6 Å². The third kappa shape index (κ3) is 5.11. The van der Waals surface area contributed by atoms with E-state index in [1.54, 1.807) is 25.1 Å². The van der Waals surface area contributed by atoms with Crippen LogP contribution in [0.2, 0.25) is 10.0 Å². The first-order valence-electron chi connectivity index (χ1n) is 7.53. The van der Waals surface area contributed by atoms with E-state index in [-0.39, 0.29) is 17.4 Å². The molecule has 0 aliphatic heterocycles. The first kappa shape index (κ1) is 19.1. The monoisotopic (exact) mass is 381 g/mol. The van der Waals surface area contributed by atoms with E-state index in [1.165, 1.54) is 31.2 Å². The minimum atomic E-state index is -1.01. The van der Waals surface area contributed by atoms with Crippen molar-refractivity contribution in [2.24, 2.45) is 0 Å². The minimum absolute atomic E-state index is 0.0578. The van der Waals surface area contributed by atoms with E-state index in [0.717, 1.165) is 0 Å². The number of amides is 1. The van der Waals surface area contributed by atoms with E-state index >= 15 is 0 Å². The summed E-state index contributed by atoms with van der Waals surface area (Å²) in [5.41, 5.74) is 0.861. The summed E-state index contributed by atoms with van der Waals surface area (Å²) in [6, 6.07) is 10.3. The largest absolute Gasteiger partial charge is 0.508 e. The number of esters is 1. The zero-order valence-corrected chi connectivity index (χ0v) is 15.1. The number of ether oxygens (including phenoxy) is 1. The van der Waals surface area contributed by atoms with Gasteiger partial charge in [0.05, 0.1) is 11.6 Å². The number of hydrogen-bond acceptors (Lipinski definition) is 4. The molecular weight excluding hydrogens is 365 g/mol. The summed E-state index contributed by atoms with van der Waals surface area (Å²) >= 11 is 12.0. The molecule has 0 radical (unpaired) electrons. The molecule has 2 N–H and O–H groups in total. The van der Waals surface area contributed by atoms with Gasteiger partial charge in [-0.2, -0.15) is 0 Å². The third-order valence-electron chi connectivity index (χ3n) is 3.52. The Morgan fingerprint density at radius 2 is 1.84 bits per heavy atom. The Morgan fingerprint density at radius 3 is 2.48 bits per heavy atom. The van der Waals surface area contributed by atoms with E-state index in [9.17, 15) is 14.7 Å². The fourth-order valence-corrected chi connectivity index (χ4v) is 2.75. The molecule has 0 heterocycles. The van der Waals surface area contributed by atoms with Crippen LogP contribution in [0.25, 0.3) is 0 Å². The summed E-state index contributed by atoms with van der Waals surface area (Å²) in [6.07, 6.45) is -1.01. The summed E-state index contributed by atoms with van der Waals surface area (Å²) < 4.78 is 5.12. The van der Waals surface area contributed by atoms with Gasteiger partial charge in [0.15, 0.2) is 6.10 Å². The van der Waals surface area contributed by atoms with Gasteiger partial charge in [-0.3, -0.25) is 4.79 Å². The summed E-state index contributed by atoms with van der Waals surface area (Å²) in [6.45, 7) is 3.23. The lowest BCUT2D eigenvalue weighted by atomic mass is 10.1. The highest BCUT2D eigenvalue weighted by Crippen LogP contribution is 2.26. The van der Waals surface area contributed by atoms with Gasteiger partial charge in [-0.15, -0.1) is 0 Å². The number of carbonyl (C=O) groups is 2. The smallest absolute Gasteiger partial charge is 0.339 e. The van der Waals surface area contributed by atoms with Gasteiger partial charge in [0.25, 0.3) is 5.91 Å². The second kappa shape index (κ2) is 8.23. The van der Waals surface area contributed by atoms with Gasteiger partial charge in [0.2, 0.25) is 0 Å². The van der Waals surface area contributed by atoms with Crippen LogP contribution in [0.5, 0.6) is 5.75 Å². The molecule has 0 spiro atoms. The number of phenols is 1. The average molecular weight is 382 g/mol. The molecule has 0 unspecified atom stereocenters. The Labute approximate surface area is 155 Å². The predicted molar refractivity (Wildman–Crippen MR) is 96.0 cm³/mol. The van der Waals surface area contributed by atoms with Gasteiger partial charge in [-0.25, -0.2) is 4.79 Å². The van der Waals surface area contributed by atoms with Crippen molar-refractivity contribution in [3.8, 4) is 5.75 Å². The number of phenolic OH excluding ortho intramolecular Hbond substituents is 1. The number of nitrogens with one attached hydrogen (secondary N) is 1. The Kier molecular flexibility index (Phi) is 6.28. The van der Waals surface area contributed by atoms with Crippen LogP contribution in [-0.2, 0) is 9.53 Å². The molecule has 132 valence electrons. The van der Waals surface area contributed by atoms with Crippen molar-refractivity contribution in [2.45, 2.75) is 26.0 Å². The summed E-state index contributed by atoms with van der Waals surface area (Å²) in [5, 5.41) is 13.1. The number of rotatable bonds is 5. The molecule has 0 aromatic heterocycles. The van der Waals surface area contributed by atoms with E-state index in [2.05, 4.69) is 5.32 Å². The van der Waals surface area contributed by atoms with Crippen LogP contribution in [0.4, 0.5) is 0 Å². The van der Waals surface area contributed by atoms with E-state index in [4.69, 9.17) is 27.9 Å². The normalized spacial score (nSPS) is 13.0. The highest BCUT2D eigenvalue weighted by atomic mass is 35.5. The van der Waals surface area contributed by atoms with E-state index < -0.39 is 18.0 Å². The molecule has 0 fully saturated rings. The zero-order valence-electron chi connectivity index (χ0n) is 13.6. The van der Waals surface area contributed by atoms with Gasteiger partial charge in [0, 0.05) is 10.0 Å². The molecule has 7 heteroatoms. The van der Waals surface area contributed by atoms with Crippen molar-refractivity contribution in [3.63, 3.8) is 0 Å². The molecule has 25 heavy (non-hydrogen) atoms. The second-order valence-electron chi connectivity index (χ2n) is 5.49. The molecule has 0 saturated heterocycles. The van der Waals surface area contributed by atoms with Crippen molar-refractivity contribution in [1.82, 2.24) is 5.32 Å². The average Bonchev–Trinajstić information content (AvgIpc) is 2.54. The number of aromatic hydroxyl groups is 1. The number of hydrogen-bond donors (Lipinski definition) is 2. The van der Waals surface area contributed by atoms with Crippen LogP contribution in [0.3, 0.4) is 0 Å². The maximum absolute atomic E-state index is 12.2. The molecule has 0 aliphatic carbocycles. The SMILES string of the molecule is C[C@H](OC(=O)c1cccc(O)c1)C(=O)N[C@@H](C)c1ccc(Cl)cc1Cl. The van der Waals surface area contributed by atoms with Crippen LogP contribution in [0.1, 0.15) is 35.8 Å². The Balaban J connectivity index is 1.98. The summed E-state index contributed by atoms with van der Waals surface area (Å²) in [4.78, 5) is 24.2. The molecule has 2 aromatic carbocycles. The second-order valence-corrected chi connectivity index (χ2v) is 6.34. The van der Waals surface area contributed by atoms with E-state index in [1.807, 2.05) is 0 Å². The first-order valence-corrected chi connectivity index (χ1v) is 8.29. The van der Waals surface area contributed by atoms with Crippen LogP contribution in [-0.4, -0.2) is 23.1 Å². The maximum atomic E-state index is 12.2. The Hall–Kier alpha value is -2.24. The lowest BCUT2D eigenvalue weighted by Crippen LogP contribution is -2.37. The van der Waals surface area contributed by atoms with Crippen LogP contribution in [0.15, 0.2) is 42.5 Å². The minimum Gasteiger partial charge on any atom is -0.508 e. The molecule has 0 aliphatic rings. The molecule has 0 saturated carbocycles. The van der Waals surface area contributed by atoms with E-state index in [0.29, 0.717) is 15.6 Å². The quantitative estimate of drug-likeness (QED) is 0.763. The van der Waals surface area contributed by atoms with Crippen LogP contribution >= 0.6 is 23.2 Å². The number of halogens is 2. The fourth-order valence-electron chi connectivity index (χ4n) is 2.18. The number of benzene rings is 2. The molecule has 5 nitrogen and oxygen atoms in total. The van der Waals surface area contributed by atoms with Crippen LogP contribution < -0.4 is 5.32 Å². The predicted octanol–water partition coefficient (Wildman–Crippen LogP) is 4.12. The molecule has 1 amide bonds. The summed E-state index contributed by atoms with van der Waals surface area (Å²) in [7, 11) is 0. The van der Waals surface area contributed by atoms with Crippen molar-refractivity contribution in [3.05, 3.63) is 63.6 Å². The highest BCUT2D eigenvalue weighted by molar-refractivity contribution is 6.35. The lowest BCUT2D eigenvalue weighted by molar-refractivity contribution is -0.129. The van der Waals surface area contributed by atoms with Gasteiger partial charge in [-0.1, -0.05) is 35.3 Å². The van der Waals surface area contributed by atoms with Crippen molar-refractivity contribution in [2.75, 3.05) is 0 Å². The zero-order chi connectivity index (χ0) is 18.6. The van der Waals surface area contributed by atoms with Gasteiger partial charge >= 0.3 is 5.97 Å². The van der Waals surface area contributed by atoms with Gasteiger partial charge in [0.1, 0.15) is 5.75 Å². The fraction of sp³-hybridized carbons (Fsp3) is 0.222. The maximum Gasteiger partial charge on any atom is 0.339 e. The molecule has 0 bridgehead atoms. The van der Waals surface area contributed by atoms with Crippen molar-refractivity contribution in [1.29, 1.82) is 0 Å². The number of carbonyl (C=O) groups excluding carboxylic acids is 2. The first-order chi connectivity index (χ1) is 11.8. The molecule has 2 aromatic rings. The van der Waals surface area contributed by atoms with Crippen LogP contribution in [0, 0.1) is 0 Å². The molecule has 2 atom stereocenters. The van der Waals surface area contributed by atoms with Crippen molar-refractivity contribution >= 4 is 35.1 Å². The Morgan fingerprint density at radius 1 is 1.12 bits per heavy atom. The standard InChI is InChI=1S/C18H17Cl2NO4/c1-10(15-7-6-13(19)9-16(15)20)21-17(23)11(2)25-18(24)12-4-3-5-14(22)8-12/h3-11,22H,1-2H3,(H,21,23)/t10-,11-/m0/s1. The van der Waals surface area contributed by atoms with Gasteiger partial charge < -0.3 is 15.2 Å². The van der Waals surface area contributed by atoms with Crippen molar-refractivity contribution < 1.29 is 19.4 Å². The third-order valence-corrected chi connectivity index (χ3v) is 4.09. The highest BCUT2D eigenvalue weighted by Gasteiger charge is 2.22. The Bertz CT molecular complexity index is 794.